The molecule has 0 spiro atoms. The second-order valence-electron chi connectivity index (χ2n) is 7.03. The van der Waals surface area contributed by atoms with Crippen LogP contribution in [0.25, 0.3) is 0 Å². The number of esters is 1. The lowest BCUT2D eigenvalue weighted by atomic mass is 9.91. The Labute approximate surface area is 148 Å². The summed E-state index contributed by atoms with van der Waals surface area (Å²) in [7, 11) is 0. The molecule has 0 fully saturated rings. The summed E-state index contributed by atoms with van der Waals surface area (Å²) >= 11 is 0. The lowest BCUT2D eigenvalue weighted by Crippen LogP contribution is -2.30. The molecule has 0 aliphatic carbocycles. The van der Waals surface area contributed by atoms with Crippen LogP contribution in [-0.2, 0) is 16.0 Å². The quantitative estimate of drug-likeness (QED) is 0.552. The summed E-state index contributed by atoms with van der Waals surface area (Å²) in [5, 5.41) is 0. The van der Waals surface area contributed by atoms with E-state index in [0.29, 0.717) is 12.5 Å². The van der Waals surface area contributed by atoms with E-state index in [-0.39, 0.29) is 11.9 Å². The molecule has 0 heterocycles. The first-order valence-electron chi connectivity index (χ1n) is 9.46. The number of carbonyl (C=O) groups is 1. The van der Waals surface area contributed by atoms with Crippen molar-refractivity contribution < 1.29 is 9.53 Å². The minimum absolute atomic E-state index is 0.112. The molecule has 0 N–H and O–H groups in total. The van der Waals surface area contributed by atoms with Gasteiger partial charge in [0.25, 0.3) is 0 Å². The predicted molar refractivity (Wildman–Crippen MR) is 101 cm³/mol. The average molecular weight is 334 g/mol. The summed E-state index contributed by atoms with van der Waals surface area (Å²) in [4.78, 5) is 14.8. The Kier molecular flexibility index (Phi) is 9.70. The van der Waals surface area contributed by atoms with Gasteiger partial charge in [-0.15, -0.1) is 0 Å². The molecule has 136 valence electrons. The van der Waals surface area contributed by atoms with Gasteiger partial charge >= 0.3 is 5.97 Å². The molecule has 0 aliphatic heterocycles. The Balaban J connectivity index is 2.59. The maximum absolute atomic E-state index is 12.4. The van der Waals surface area contributed by atoms with E-state index in [4.69, 9.17) is 4.74 Å². The van der Waals surface area contributed by atoms with Crippen molar-refractivity contribution >= 4 is 5.97 Å². The molecule has 3 nitrogen and oxygen atoms in total. The zero-order chi connectivity index (χ0) is 17.9. The standard InChI is InChI=1S/C21H35NO2/c1-6-12-22(13-7-2)14-15-24-21(23)18(5)20-11-9-8-10-19(20)16-17(3)4/h8-11,17-18H,6-7,12-16H2,1-5H3. The van der Waals surface area contributed by atoms with E-state index >= 15 is 0 Å². The van der Waals surface area contributed by atoms with E-state index in [1.54, 1.807) is 0 Å². The Morgan fingerprint density at radius 2 is 1.67 bits per heavy atom. The summed E-state index contributed by atoms with van der Waals surface area (Å²) in [6, 6.07) is 8.24. The zero-order valence-corrected chi connectivity index (χ0v) is 16.2. The number of carbonyl (C=O) groups excluding carboxylic acids is 1. The SMILES string of the molecule is CCCN(CCC)CCOC(=O)C(C)c1ccccc1CC(C)C. The van der Waals surface area contributed by atoms with Crippen LogP contribution in [0.1, 0.15) is 64.5 Å². The first-order chi connectivity index (χ1) is 11.5. The fourth-order valence-corrected chi connectivity index (χ4v) is 3.08. The van der Waals surface area contributed by atoms with E-state index in [9.17, 15) is 4.79 Å². The summed E-state index contributed by atoms with van der Waals surface area (Å²) in [6.07, 6.45) is 3.26. The second-order valence-corrected chi connectivity index (χ2v) is 7.03. The number of ether oxygens (including phenoxy) is 1. The van der Waals surface area contributed by atoms with Crippen molar-refractivity contribution in [1.82, 2.24) is 4.90 Å². The maximum Gasteiger partial charge on any atom is 0.313 e. The Bertz CT molecular complexity index is 478. The van der Waals surface area contributed by atoms with Gasteiger partial charge < -0.3 is 4.74 Å². The minimum Gasteiger partial charge on any atom is -0.464 e. The molecule has 1 aromatic carbocycles. The first-order valence-corrected chi connectivity index (χ1v) is 9.46. The van der Waals surface area contributed by atoms with Crippen molar-refractivity contribution in [2.24, 2.45) is 5.92 Å². The van der Waals surface area contributed by atoms with Gasteiger partial charge in [0.05, 0.1) is 5.92 Å². The van der Waals surface area contributed by atoms with Crippen molar-refractivity contribution in [3.63, 3.8) is 0 Å². The highest BCUT2D eigenvalue weighted by molar-refractivity contribution is 5.78. The van der Waals surface area contributed by atoms with Crippen LogP contribution in [0.2, 0.25) is 0 Å². The number of nitrogens with zero attached hydrogens (tertiary/aromatic N) is 1. The van der Waals surface area contributed by atoms with Crippen LogP contribution in [0, 0.1) is 5.92 Å². The molecule has 1 unspecified atom stereocenters. The molecular weight excluding hydrogens is 298 g/mol. The fourth-order valence-electron chi connectivity index (χ4n) is 3.08. The average Bonchev–Trinajstić information content (AvgIpc) is 2.54. The molecule has 24 heavy (non-hydrogen) atoms. The van der Waals surface area contributed by atoms with Crippen LogP contribution in [-0.4, -0.2) is 37.1 Å². The topological polar surface area (TPSA) is 29.5 Å². The molecule has 0 aromatic heterocycles. The van der Waals surface area contributed by atoms with Crippen molar-refractivity contribution in [3.05, 3.63) is 35.4 Å². The lowest BCUT2D eigenvalue weighted by molar-refractivity contribution is -0.145. The van der Waals surface area contributed by atoms with Crippen LogP contribution < -0.4 is 0 Å². The van der Waals surface area contributed by atoms with Gasteiger partial charge in [0.2, 0.25) is 0 Å². The third-order valence-corrected chi connectivity index (χ3v) is 4.23. The third kappa shape index (κ3) is 7.04. The fraction of sp³-hybridized carbons (Fsp3) is 0.667. The van der Waals surface area contributed by atoms with Crippen molar-refractivity contribution in [1.29, 1.82) is 0 Å². The number of hydrogen-bond acceptors (Lipinski definition) is 3. The van der Waals surface area contributed by atoms with Gasteiger partial charge in [-0.2, -0.15) is 0 Å². The molecule has 0 amide bonds. The number of benzene rings is 1. The molecule has 0 saturated heterocycles. The molecule has 3 heteroatoms. The normalized spacial score (nSPS) is 12.6. The highest BCUT2D eigenvalue weighted by Gasteiger charge is 2.20. The van der Waals surface area contributed by atoms with Gasteiger partial charge in [-0.05, 0) is 56.3 Å². The Morgan fingerprint density at radius 1 is 1.04 bits per heavy atom. The van der Waals surface area contributed by atoms with Crippen molar-refractivity contribution in [3.8, 4) is 0 Å². The van der Waals surface area contributed by atoms with Crippen LogP contribution in [0.5, 0.6) is 0 Å². The van der Waals surface area contributed by atoms with Crippen molar-refractivity contribution in [2.45, 2.75) is 59.8 Å². The van der Waals surface area contributed by atoms with Crippen LogP contribution in [0.15, 0.2) is 24.3 Å². The third-order valence-electron chi connectivity index (χ3n) is 4.23. The Morgan fingerprint density at radius 3 is 2.25 bits per heavy atom. The largest absolute Gasteiger partial charge is 0.464 e. The van der Waals surface area contributed by atoms with E-state index < -0.39 is 0 Å². The second kappa shape index (κ2) is 11.2. The number of rotatable bonds is 11. The summed E-state index contributed by atoms with van der Waals surface area (Å²) in [5.74, 6) is 0.260. The maximum atomic E-state index is 12.4. The molecule has 0 saturated carbocycles. The van der Waals surface area contributed by atoms with Crippen molar-refractivity contribution in [2.75, 3.05) is 26.2 Å². The van der Waals surface area contributed by atoms with Gasteiger partial charge in [0.1, 0.15) is 6.61 Å². The Hall–Kier alpha value is -1.35. The lowest BCUT2D eigenvalue weighted by Gasteiger charge is -2.21. The number of hydrogen-bond donors (Lipinski definition) is 0. The summed E-state index contributed by atoms with van der Waals surface area (Å²) in [6.45, 7) is 14.2. The predicted octanol–water partition coefficient (Wildman–Crippen LogP) is 4.65. The molecule has 0 radical (unpaired) electrons. The van der Waals surface area contributed by atoms with Gasteiger partial charge in [0, 0.05) is 6.54 Å². The van der Waals surface area contributed by atoms with Crippen LogP contribution >= 0.6 is 0 Å². The molecule has 1 aromatic rings. The van der Waals surface area contributed by atoms with Gasteiger partial charge in [-0.1, -0.05) is 52.0 Å². The smallest absolute Gasteiger partial charge is 0.313 e. The van der Waals surface area contributed by atoms with Gasteiger partial charge in [0.15, 0.2) is 0 Å². The van der Waals surface area contributed by atoms with E-state index in [0.717, 1.165) is 44.5 Å². The van der Waals surface area contributed by atoms with E-state index in [1.807, 2.05) is 19.1 Å². The molecular formula is C21H35NO2. The van der Waals surface area contributed by atoms with Crippen LogP contribution in [0.3, 0.4) is 0 Å². The zero-order valence-electron chi connectivity index (χ0n) is 16.2. The highest BCUT2D eigenvalue weighted by atomic mass is 16.5. The van der Waals surface area contributed by atoms with Crippen LogP contribution in [0.4, 0.5) is 0 Å². The molecule has 0 bridgehead atoms. The molecule has 0 aliphatic rings. The van der Waals surface area contributed by atoms with E-state index in [1.165, 1.54) is 5.56 Å². The molecule has 1 rings (SSSR count). The summed E-state index contributed by atoms with van der Waals surface area (Å²) < 4.78 is 5.56. The van der Waals surface area contributed by atoms with E-state index in [2.05, 4.69) is 44.7 Å². The van der Waals surface area contributed by atoms with Gasteiger partial charge in [-0.3, -0.25) is 9.69 Å². The highest BCUT2D eigenvalue weighted by Crippen LogP contribution is 2.23. The summed E-state index contributed by atoms with van der Waals surface area (Å²) in [5.41, 5.74) is 2.37. The van der Waals surface area contributed by atoms with Gasteiger partial charge in [-0.25, -0.2) is 0 Å². The monoisotopic (exact) mass is 333 g/mol. The first kappa shape index (κ1) is 20.7. The minimum atomic E-state index is -0.203. The molecule has 1 atom stereocenters.